The van der Waals surface area contributed by atoms with Crippen molar-refractivity contribution in [3.05, 3.63) is 185 Å². The van der Waals surface area contributed by atoms with Crippen molar-refractivity contribution in [2.45, 2.75) is 24.7 Å². The summed E-state index contributed by atoms with van der Waals surface area (Å²) in [4.78, 5) is 0. The van der Waals surface area contributed by atoms with Crippen LogP contribution in [0.25, 0.3) is 60.6 Å². The van der Waals surface area contributed by atoms with Gasteiger partial charge in [-0.05, 0) is 57.1 Å². The van der Waals surface area contributed by atoms with E-state index in [9.17, 15) is 0 Å². The Hall–Kier alpha value is -5.86. The zero-order chi connectivity index (χ0) is 31.8. The molecule has 1 spiro atoms. The number of benzene rings is 7. The van der Waals surface area contributed by atoms with Gasteiger partial charge in [0.25, 0.3) is 0 Å². The minimum Gasteiger partial charge on any atom is -0.455 e. The van der Waals surface area contributed by atoms with E-state index in [-0.39, 0.29) is 5.41 Å². The van der Waals surface area contributed by atoms with Crippen LogP contribution in [0.2, 0.25) is 0 Å². The molecule has 9 aromatic rings. The summed E-state index contributed by atoms with van der Waals surface area (Å²) in [5.41, 5.74) is 15.3. The van der Waals surface area contributed by atoms with Crippen molar-refractivity contribution in [2.75, 3.05) is 0 Å². The van der Waals surface area contributed by atoms with Gasteiger partial charge in [-0.2, -0.15) is 0 Å². The molecule has 0 radical (unpaired) electrons. The monoisotopic (exact) mass is 613 g/mol. The largest absolute Gasteiger partial charge is 0.455 e. The van der Waals surface area contributed by atoms with Crippen molar-refractivity contribution in [3.63, 3.8) is 0 Å². The van der Waals surface area contributed by atoms with Gasteiger partial charge in [0.15, 0.2) is 0 Å². The number of hydrogen-bond donors (Lipinski definition) is 0. The molecule has 1 aliphatic carbocycles. The Morgan fingerprint density at radius 3 is 1.96 bits per heavy atom. The van der Waals surface area contributed by atoms with Crippen LogP contribution in [0.5, 0.6) is 0 Å². The van der Waals surface area contributed by atoms with E-state index in [0.717, 1.165) is 27.5 Å². The van der Waals surface area contributed by atoms with E-state index in [2.05, 4.69) is 170 Å². The quantitative estimate of drug-likeness (QED) is 0.180. The molecule has 1 atom stereocenters. The molecule has 1 unspecified atom stereocenters. The second-order valence-corrected chi connectivity index (χ2v) is 14.0. The lowest BCUT2D eigenvalue weighted by Crippen LogP contribution is -2.44. The molecule has 2 aliphatic rings. The standard InChI is InChI=1S/C46H31NO/c1-45(2)34-20-5-6-21-35(34)46(36-22-7-9-26-40(36)47-39-25-8-3-14-28(39)31-17-13-24-38(46)43(31)47)37-23-12-16-30(42(37)45)33-19-11-18-32-29-15-4-10-27-41(29)48-44(32)33/h3-27H,1-2H3. The molecule has 0 N–H and O–H groups in total. The fourth-order valence-electron chi connectivity index (χ4n) is 9.64. The van der Waals surface area contributed by atoms with Crippen molar-refractivity contribution >= 4 is 43.7 Å². The average molecular weight is 614 g/mol. The van der Waals surface area contributed by atoms with Crippen LogP contribution in [0.4, 0.5) is 0 Å². The van der Waals surface area contributed by atoms with E-state index < -0.39 is 5.41 Å². The van der Waals surface area contributed by atoms with Crippen molar-refractivity contribution in [2.24, 2.45) is 0 Å². The summed E-state index contributed by atoms with van der Waals surface area (Å²) in [6.45, 7) is 4.82. The maximum Gasteiger partial charge on any atom is 0.143 e. The molecule has 2 heteroatoms. The molecule has 7 aromatic carbocycles. The third-order valence-corrected chi connectivity index (χ3v) is 11.4. The van der Waals surface area contributed by atoms with Crippen LogP contribution >= 0.6 is 0 Å². The Bertz CT molecular complexity index is 2830. The summed E-state index contributed by atoms with van der Waals surface area (Å²) in [7, 11) is 0. The molecule has 48 heavy (non-hydrogen) atoms. The Balaban J connectivity index is 1.35. The topological polar surface area (TPSA) is 18.1 Å². The number of furan rings is 1. The number of para-hydroxylation sites is 5. The minimum atomic E-state index is -0.528. The van der Waals surface area contributed by atoms with E-state index in [1.807, 2.05) is 0 Å². The summed E-state index contributed by atoms with van der Waals surface area (Å²) in [6, 6.07) is 56.2. The lowest BCUT2D eigenvalue weighted by Gasteiger charge is -2.50. The first-order valence-corrected chi connectivity index (χ1v) is 16.9. The molecule has 2 nitrogen and oxygen atoms in total. The van der Waals surface area contributed by atoms with Crippen LogP contribution in [0, 0.1) is 0 Å². The highest BCUT2D eigenvalue weighted by atomic mass is 16.3. The third-order valence-electron chi connectivity index (χ3n) is 11.4. The van der Waals surface area contributed by atoms with Gasteiger partial charge >= 0.3 is 0 Å². The second-order valence-electron chi connectivity index (χ2n) is 14.0. The minimum absolute atomic E-state index is 0.283. The van der Waals surface area contributed by atoms with Crippen molar-refractivity contribution < 1.29 is 4.42 Å². The van der Waals surface area contributed by atoms with Crippen molar-refractivity contribution in [3.8, 4) is 16.8 Å². The highest BCUT2D eigenvalue weighted by Gasteiger charge is 2.53. The number of aromatic nitrogens is 1. The number of rotatable bonds is 1. The number of nitrogens with zero attached hydrogens (tertiary/aromatic N) is 1. The lowest BCUT2D eigenvalue weighted by molar-refractivity contribution is 0.557. The Morgan fingerprint density at radius 1 is 0.458 bits per heavy atom. The SMILES string of the molecule is CC1(C)c2ccccc2C2(c3ccccc3-n3c4ccccc4c4cccc2c43)c2cccc(-c3cccc4c3oc3ccccc34)c21. The maximum atomic E-state index is 6.68. The van der Waals surface area contributed by atoms with E-state index in [1.165, 1.54) is 66.4 Å². The molecule has 0 saturated heterocycles. The first-order valence-electron chi connectivity index (χ1n) is 16.9. The van der Waals surface area contributed by atoms with Gasteiger partial charge in [-0.25, -0.2) is 0 Å². The van der Waals surface area contributed by atoms with E-state index in [4.69, 9.17) is 4.42 Å². The lowest BCUT2D eigenvalue weighted by atomic mass is 9.52. The van der Waals surface area contributed by atoms with E-state index >= 15 is 0 Å². The van der Waals surface area contributed by atoms with E-state index in [1.54, 1.807) is 0 Å². The van der Waals surface area contributed by atoms with Gasteiger partial charge in [0, 0.05) is 32.5 Å². The van der Waals surface area contributed by atoms with Crippen molar-refractivity contribution in [1.29, 1.82) is 0 Å². The zero-order valence-corrected chi connectivity index (χ0v) is 26.8. The van der Waals surface area contributed by atoms with Gasteiger partial charge in [0.05, 0.1) is 22.1 Å². The summed E-state index contributed by atoms with van der Waals surface area (Å²) in [6.07, 6.45) is 0. The number of fused-ring (bicyclic) bond motifs is 14. The molecule has 0 amide bonds. The predicted molar refractivity (Wildman–Crippen MR) is 197 cm³/mol. The first kappa shape index (κ1) is 26.2. The maximum absolute atomic E-state index is 6.68. The summed E-state index contributed by atoms with van der Waals surface area (Å²) in [5, 5.41) is 4.89. The van der Waals surface area contributed by atoms with Gasteiger partial charge in [-0.3, -0.25) is 0 Å². The van der Waals surface area contributed by atoms with Crippen LogP contribution < -0.4 is 0 Å². The fraction of sp³-hybridized carbons (Fsp3) is 0.0870. The normalized spacial score (nSPS) is 17.2. The van der Waals surface area contributed by atoms with Gasteiger partial charge < -0.3 is 8.98 Å². The van der Waals surface area contributed by atoms with Crippen LogP contribution in [0.3, 0.4) is 0 Å². The number of hydrogen-bond acceptors (Lipinski definition) is 1. The average Bonchev–Trinajstić information content (AvgIpc) is 3.69. The smallest absolute Gasteiger partial charge is 0.143 e. The Labute approximate surface area is 278 Å². The molecule has 226 valence electrons. The third kappa shape index (κ3) is 2.96. The molecule has 0 saturated carbocycles. The second kappa shape index (κ2) is 8.93. The molecule has 3 heterocycles. The molecule has 0 fully saturated rings. The van der Waals surface area contributed by atoms with Crippen LogP contribution in [-0.4, -0.2) is 4.57 Å². The highest BCUT2D eigenvalue weighted by molar-refractivity contribution is 6.13. The molecular weight excluding hydrogens is 583 g/mol. The van der Waals surface area contributed by atoms with Crippen LogP contribution in [-0.2, 0) is 10.8 Å². The zero-order valence-electron chi connectivity index (χ0n) is 26.8. The first-order chi connectivity index (χ1) is 23.6. The molecular formula is C46H31NO. The molecule has 11 rings (SSSR count). The van der Waals surface area contributed by atoms with Crippen molar-refractivity contribution in [1.82, 2.24) is 4.57 Å². The van der Waals surface area contributed by atoms with Gasteiger partial charge in [0.1, 0.15) is 11.2 Å². The van der Waals surface area contributed by atoms with Gasteiger partial charge in [-0.15, -0.1) is 0 Å². The van der Waals surface area contributed by atoms with Gasteiger partial charge in [-0.1, -0.05) is 147 Å². The molecule has 1 aliphatic heterocycles. The summed E-state index contributed by atoms with van der Waals surface area (Å²) >= 11 is 0. The predicted octanol–water partition coefficient (Wildman–Crippen LogP) is 11.7. The summed E-state index contributed by atoms with van der Waals surface area (Å²) < 4.78 is 9.20. The van der Waals surface area contributed by atoms with Crippen LogP contribution in [0.15, 0.2) is 156 Å². The Morgan fingerprint density at radius 2 is 1.06 bits per heavy atom. The fourth-order valence-corrected chi connectivity index (χ4v) is 9.64. The van der Waals surface area contributed by atoms with Crippen LogP contribution in [0.1, 0.15) is 47.2 Å². The summed E-state index contributed by atoms with van der Waals surface area (Å²) in [5.74, 6) is 0. The van der Waals surface area contributed by atoms with E-state index in [0.29, 0.717) is 0 Å². The van der Waals surface area contributed by atoms with Gasteiger partial charge in [0.2, 0.25) is 0 Å². The Kier molecular flexibility index (Phi) is 4.88. The molecule has 2 aromatic heterocycles. The molecule has 0 bridgehead atoms. The highest BCUT2D eigenvalue weighted by Crippen LogP contribution is 2.61.